The first-order valence-electron chi connectivity index (χ1n) is 8.91. The van der Waals surface area contributed by atoms with Crippen LogP contribution < -0.4 is 10.1 Å². The monoisotopic (exact) mass is 393 g/mol. The van der Waals surface area contributed by atoms with E-state index in [1.807, 2.05) is 13.0 Å². The van der Waals surface area contributed by atoms with Crippen LogP contribution in [0, 0.1) is 21.4 Å². The van der Waals surface area contributed by atoms with Crippen LogP contribution in [0.4, 0.5) is 5.69 Å². The number of benzene rings is 2. The van der Waals surface area contributed by atoms with E-state index in [0.29, 0.717) is 12.1 Å². The fourth-order valence-corrected chi connectivity index (χ4v) is 2.33. The highest BCUT2D eigenvalue weighted by molar-refractivity contribution is 6.01. The van der Waals surface area contributed by atoms with Crippen LogP contribution in [0.2, 0.25) is 0 Å². The number of ether oxygens (including phenoxy) is 1. The minimum Gasteiger partial charge on any atom is -0.423 e. The van der Waals surface area contributed by atoms with Gasteiger partial charge in [0.2, 0.25) is 0 Å². The molecular weight excluding hydrogens is 374 g/mol. The molecule has 0 aliphatic carbocycles. The second-order valence-electron chi connectivity index (χ2n) is 6.05. The van der Waals surface area contributed by atoms with Gasteiger partial charge in [0.1, 0.15) is 17.4 Å². The van der Waals surface area contributed by atoms with Gasteiger partial charge in [-0.1, -0.05) is 31.5 Å². The maximum atomic E-state index is 12.2. The first-order valence-corrected chi connectivity index (χ1v) is 8.91. The number of nitrogens with one attached hydrogen (secondary N) is 1. The first kappa shape index (κ1) is 21.3. The second kappa shape index (κ2) is 10.4. The molecule has 2 aromatic rings. The van der Waals surface area contributed by atoms with Crippen LogP contribution in [0.25, 0.3) is 6.08 Å². The van der Waals surface area contributed by atoms with Crippen LogP contribution in [0.3, 0.4) is 0 Å². The molecule has 0 aliphatic rings. The van der Waals surface area contributed by atoms with Gasteiger partial charge in [-0.15, -0.1) is 0 Å². The Kier molecular flexibility index (Phi) is 7.62. The Morgan fingerprint density at radius 1 is 1.24 bits per heavy atom. The van der Waals surface area contributed by atoms with Gasteiger partial charge in [0.15, 0.2) is 0 Å². The third kappa shape index (κ3) is 6.29. The van der Waals surface area contributed by atoms with Gasteiger partial charge >= 0.3 is 5.97 Å². The van der Waals surface area contributed by atoms with E-state index < -0.39 is 16.8 Å². The highest BCUT2D eigenvalue weighted by Crippen LogP contribution is 2.18. The van der Waals surface area contributed by atoms with Gasteiger partial charge in [-0.25, -0.2) is 4.79 Å². The third-order valence-corrected chi connectivity index (χ3v) is 3.88. The summed E-state index contributed by atoms with van der Waals surface area (Å²) in [6, 6.07) is 13.3. The number of unbranched alkanes of at least 4 members (excludes halogenated alkanes) is 1. The lowest BCUT2D eigenvalue weighted by atomic mass is 10.1. The van der Waals surface area contributed by atoms with Gasteiger partial charge < -0.3 is 10.1 Å². The molecule has 0 radical (unpaired) electrons. The molecule has 0 saturated carbocycles. The Morgan fingerprint density at radius 2 is 1.97 bits per heavy atom. The molecule has 29 heavy (non-hydrogen) atoms. The summed E-state index contributed by atoms with van der Waals surface area (Å²) in [5.74, 6) is -0.948. The van der Waals surface area contributed by atoms with Crippen molar-refractivity contribution >= 4 is 23.6 Å². The summed E-state index contributed by atoms with van der Waals surface area (Å²) in [7, 11) is 0. The molecule has 8 heteroatoms. The number of carbonyl (C=O) groups is 2. The topological polar surface area (TPSA) is 122 Å². The van der Waals surface area contributed by atoms with Gasteiger partial charge in [0.05, 0.1) is 10.5 Å². The van der Waals surface area contributed by atoms with Crippen LogP contribution >= 0.6 is 0 Å². The summed E-state index contributed by atoms with van der Waals surface area (Å²) < 4.78 is 5.21. The van der Waals surface area contributed by atoms with Crippen LogP contribution in [-0.2, 0) is 4.79 Å². The van der Waals surface area contributed by atoms with E-state index in [9.17, 15) is 25.0 Å². The second-order valence-corrected chi connectivity index (χ2v) is 6.05. The molecule has 0 aromatic heterocycles. The lowest BCUT2D eigenvalue weighted by Gasteiger charge is -2.05. The molecule has 0 heterocycles. The van der Waals surface area contributed by atoms with Crippen molar-refractivity contribution in [1.82, 2.24) is 5.32 Å². The number of amides is 1. The maximum Gasteiger partial charge on any atom is 0.343 e. The average molecular weight is 393 g/mol. The highest BCUT2D eigenvalue weighted by atomic mass is 16.6. The number of nitro benzene ring substituents is 1. The van der Waals surface area contributed by atoms with E-state index in [1.54, 1.807) is 12.1 Å². The molecule has 0 atom stereocenters. The molecule has 2 rings (SSSR count). The Balaban J connectivity index is 2.07. The molecular formula is C21H19N3O5. The highest BCUT2D eigenvalue weighted by Gasteiger charge is 2.13. The summed E-state index contributed by atoms with van der Waals surface area (Å²) in [4.78, 5) is 34.3. The quantitative estimate of drug-likeness (QED) is 0.139. The number of non-ortho nitro benzene ring substituents is 1. The normalized spacial score (nSPS) is 10.7. The summed E-state index contributed by atoms with van der Waals surface area (Å²) in [5, 5.41) is 22.7. The zero-order chi connectivity index (χ0) is 21.2. The molecule has 8 nitrogen and oxygen atoms in total. The lowest BCUT2D eigenvalue weighted by molar-refractivity contribution is -0.384. The van der Waals surface area contributed by atoms with Crippen molar-refractivity contribution in [2.75, 3.05) is 6.54 Å². The molecule has 2 aromatic carbocycles. The molecule has 0 unspecified atom stereocenters. The summed E-state index contributed by atoms with van der Waals surface area (Å²) in [5.41, 5.74) is 0.407. The predicted octanol–water partition coefficient (Wildman–Crippen LogP) is 3.64. The zero-order valence-electron chi connectivity index (χ0n) is 15.8. The molecule has 0 spiro atoms. The molecule has 148 valence electrons. The van der Waals surface area contributed by atoms with Crippen molar-refractivity contribution in [3.05, 3.63) is 75.3 Å². The van der Waals surface area contributed by atoms with Gasteiger partial charge in [-0.05, 0) is 36.3 Å². The summed E-state index contributed by atoms with van der Waals surface area (Å²) >= 11 is 0. The third-order valence-electron chi connectivity index (χ3n) is 3.88. The number of nitrogens with zero attached hydrogens (tertiary/aromatic N) is 2. The van der Waals surface area contributed by atoms with Crippen molar-refractivity contribution in [2.24, 2.45) is 0 Å². The minimum atomic E-state index is -0.731. The standard InChI is InChI=1S/C21H19N3O5/c1-2-3-11-23-20(25)17(14-22)12-15-7-9-19(10-8-15)29-21(26)16-5-4-6-18(13-16)24(27)28/h4-10,12-13H,2-3,11H2,1H3,(H,23,25)/b17-12+. The average Bonchev–Trinajstić information content (AvgIpc) is 2.73. The molecule has 1 amide bonds. The van der Waals surface area contributed by atoms with E-state index in [0.717, 1.165) is 18.9 Å². The van der Waals surface area contributed by atoms with E-state index in [2.05, 4.69) is 5.32 Å². The Hall–Kier alpha value is -3.99. The predicted molar refractivity (Wildman–Crippen MR) is 106 cm³/mol. The molecule has 0 saturated heterocycles. The summed E-state index contributed by atoms with van der Waals surface area (Å²) in [6.45, 7) is 2.50. The van der Waals surface area contributed by atoms with E-state index >= 15 is 0 Å². The Morgan fingerprint density at radius 3 is 2.59 bits per heavy atom. The SMILES string of the molecule is CCCCNC(=O)/C(C#N)=C/c1ccc(OC(=O)c2cccc([N+](=O)[O-])c2)cc1. The number of esters is 1. The number of nitro groups is 1. The summed E-state index contributed by atoms with van der Waals surface area (Å²) in [6.07, 6.45) is 3.20. The van der Waals surface area contributed by atoms with Crippen molar-refractivity contribution in [3.8, 4) is 11.8 Å². The van der Waals surface area contributed by atoms with Gasteiger partial charge in [-0.2, -0.15) is 5.26 Å². The van der Waals surface area contributed by atoms with Crippen LogP contribution in [0.5, 0.6) is 5.75 Å². The van der Waals surface area contributed by atoms with E-state index in [1.165, 1.54) is 36.4 Å². The number of hydrogen-bond donors (Lipinski definition) is 1. The largest absolute Gasteiger partial charge is 0.423 e. The molecule has 0 aliphatic heterocycles. The molecule has 0 fully saturated rings. The van der Waals surface area contributed by atoms with E-state index in [4.69, 9.17) is 4.74 Å². The zero-order valence-corrected chi connectivity index (χ0v) is 15.8. The number of carbonyl (C=O) groups excluding carboxylic acids is 2. The van der Waals surface area contributed by atoms with Crippen LogP contribution in [0.1, 0.15) is 35.7 Å². The molecule has 0 bridgehead atoms. The van der Waals surface area contributed by atoms with Crippen LogP contribution in [-0.4, -0.2) is 23.3 Å². The number of hydrogen-bond acceptors (Lipinski definition) is 6. The Bertz CT molecular complexity index is 975. The Labute approximate surface area is 167 Å². The van der Waals surface area contributed by atoms with Crippen LogP contribution in [0.15, 0.2) is 54.1 Å². The first-order chi connectivity index (χ1) is 13.9. The lowest BCUT2D eigenvalue weighted by Crippen LogP contribution is -2.25. The molecule has 1 N–H and O–H groups in total. The fourth-order valence-electron chi connectivity index (χ4n) is 2.33. The smallest absolute Gasteiger partial charge is 0.343 e. The maximum absolute atomic E-state index is 12.2. The van der Waals surface area contributed by atoms with Gasteiger partial charge in [0.25, 0.3) is 11.6 Å². The van der Waals surface area contributed by atoms with Gasteiger partial charge in [-0.3, -0.25) is 14.9 Å². The van der Waals surface area contributed by atoms with Crippen molar-refractivity contribution in [1.29, 1.82) is 5.26 Å². The number of rotatable bonds is 8. The fraction of sp³-hybridized carbons (Fsp3) is 0.190. The minimum absolute atomic E-state index is 0.0255. The number of nitriles is 1. The van der Waals surface area contributed by atoms with Gasteiger partial charge in [0, 0.05) is 18.7 Å². The van der Waals surface area contributed by atoms with Crippen molar-refractivity contribution in [3.63, 3.8) is 0 Å². The van der Waals surface area contributed by atoms with E-state index in [-0.39, 0.29) is 22.6 Å². The van der Waals surface area contributed by atoms with Crippen molar-refractivity contribution < 1.29 is 19.2 Å². The van der Waals surface area contributed by atoms with Crippen molar-refractivity contribution in [2.45, 2.75) is 19.8 Å².